The van der Waals surface area contributed by atoms with Crippen molar-refractivity contribution in [3.8, 4) is 0 Å². The number of benzene rings is 1. The number of allylic oxidation sites excluding steroid dienone is 1. The van der Waals surface area contributed by atoms with E-state index in [1.54, 1.807) is 6.26 Å². The van der Waals surface area contributed by atoms with Crippen LogP contribution in [0.1, 0.15) is 37.2 Å². The number of esters is 2. The van der Waals surface area contributed by atoms with Crippen molar-refractivity contribution in [1.29, 1.82) is 0 Å². The number of carbonyl (C=O) groups excluding carboxylic acids is 2. The highest BCUT2D eigenvalue weighted by atomic mass is 16.5. The van der Waals surface area contributed by atoms with Gasteiger partial charge in [-0.25, -0.2) is 4.79 Å². The molecule has 2 unspecified atom stereocenters. The largest absolute Gasteiger partial charge is 0.469 e. The molecule has 2 aromatic rings. The van der Waals surface area contributed by atoms with Crippen LogP contribution in [0.4, 0.5) is 0 Å². The lowest BCUT2D eigenvalue weighted by molar-refractivity contribution is -0.147. The minimum absolute atomic E-state index is 0.0126. The Bertz CT molecular complexity index is 906. The first kappa shape index (κ1) is 18.5. The van der Waals surface area contributed by atoms with Crippen molar-refractivity contribution < 1.29 is 23.5 Å². The third-order valence-corrected chi connectivity index (χ3v) is 5.72. The van der Waals surface area contributed by atoms with Crippen molar-refractivity contribution in [2.24, 2.45) is 17.3 Å². The van der Waals surface area contributed by atoms with Gasteiger partial charge in [0.05, 0.1) is 18.8 Å². The van der Waals surface area contributed by atoms with Gasteiger partial charge in [-0.05, 0) is 23.0 Å². The van der Waals surface area contributed by atoms with Gasteiger partial charge in [0.25, 0.3) is 0 Å². The van der Waals surface area contributed by atoms with E-state index < -0.39 is 0 Å². The van der Waals surface area contributed by atoms with Crippen LogP contribution in [-0.4, -0.2) is 18.5 Å². The molecule has 0 radical (unpaired) electrons. The van der Waals surface area contributed by atoms with Crippen LogP contribution >= 0.6 is 0 Å². The zero-order valence-electron chi connectivity index (χ0n) is 16.1. The summed E-state index contributed by atoms with van der Waals surface area (Å²) in [5.74, 6) is 0.122. The molecule has 1 aliphatic heterocycles. The van der Waals surface area contributed by atoms with Crippen molar-refractivity contribution in [2.45, 2.75) is 33.3 Å². The average Bonchev–Trinajstić information content (AvgIpc) is 3.03. The molecule has 1 aromatic heterocycles. The van der Waals surface area contributed by atoms with Crippen LogP contribution in [0.3, 0.4) is 0 Å². The lowest BCUT2D eigenvalue weighted by atomic mass is 10.1. The maximum absolute atomic E-state index is 12.6. The summed E-state index contributed by atoms with van der Waals surface area (Å²) in [5.41, 5.74) is 2.48. The predicted molar refractivity (Wildman–Crippen MR) is 102 cm³/mol. The summed E-state index contributed by atoms with van der Waals surface area (Å²) < 4.78 is 16.1. The molecule has 0 N–H and O–H groups in total. The van der Waals surface area contributed by atoms with Gasteiger partial charge in [-0.15, -0.1) is 0 Å². The van der Waals surface area contributed by atoms with Crippen molar-refractivity contribution in [2.75, 3.05) is 6.61 Å². The van der Waals surface area contributed by atoms with Crippen molar-refractivity contribution in [3.63, 3.8) is 0 Å². The second-order valence-corrected chi connectivity index (χ2v) is 8.09. The molecule has 5 heteroatoms. The van der Waals surface area contributed by atoms with E-state index in [9.17, 15) is 9.59 Å². The van der Waals surface area contributed by atoms with Gasteiger partial charge in [0.1, 0.15) is 12.4 Å². The molecule has 0 amide bonds. The van der Waals surface area contributed by atoms with E-state index in [2.05, 4.69) is 0 Å². The van der Waals surface area contributed by atoms with E-state index in [-0.39, 0.29) is 35.8 Å². The Morgan fingerprint density at radius 3 is 2.75 bits per heavy atom. The summed E-state index contributed by atoms with van der Waals surface area (Å²) in [6.45, 7) is 4.67. The molecule has 146 valence electrons. The van der Waals surface area contributed by atoms with Crippen LogP contribution in [0, 0.1) is 17.3 Å². The number of carbonyl (C=O) groups is 2. The number of hydrogen-bond donors (Lipinski definition) is 0. The highest BCUT2D eigenvalue weighted by molar-refractivity contribution is 5.90. The van der Waals surface area contributed by atoms with Crippen LogP contribution in [0.2, 0.25) is 0 Å². The minimum Gasteiger partial charge on any atom is -0.469 e. The van der Waals surface area contributed by atoms with Gasteiger partial charge in [-0.1, -0.05) is 50.3 Å². The number of cyclic esters (lactones) is 1. The monoisotopic (exact) mass is 380 g/mol. The highest BCUT2D eigenvalue weighted by Gasteiger charge is 2.61. The first-order chi connectivity index (χ1) is 13.4. The van der Waals surface area contributed by atoms with E-state index in [0.717, 1.165) is 11.3 Å². The molecule has 2 atom stereocenters. The van der Waals surface area contributed by atoms with Gasteiger partial charge < -0.3 is 13.9 Å². The maximum atomic E-state index is 12.6. The normalized spacial score (nSPS) is 24.2. The van der Waals surface area contributed by atoms with E-state index in [1.807, 2.05) is 56.3 Å². The molecular weight excluding hydrogens is 356 g/mol. The summed E-state index contributed by atoms with van der Waals surface area (Å²) in [5, 5.41) is 0. The first-order valence-electron chi connectivity index (χ1n) is 9.60. The zero-order chi connectivity index (χ0) is 19.7. The smallest absolute Gasteiger partial charge is 0.333 e. The van der Waals surface area contributed by atoms with Gasteiger partial charge in [0.15, 0.2) is 0 Å². The van der Waals surface area contributed by atoms with E-state index in [4.69, 9.17) is 13.9 Å². The molecule has 1 aliphatic carbocycles. The Hall–Kier alpha value is -2.82. The molecule has 2 aliphatic rings. The highest BCUT2D eigenvalue weighted by Crippen LogP contribution is 2.60. The Balaban J connectivity index is 1.33. The second kappa shape index (κ2) is 7.30. The van der Waals surface area contributed by atoms with E-state index in [1.165, 1.54) is 5.56 Å². The third kappa shape index (κ3) is 3.75. The minimum atomic E-state index is -0.265. The molecule has 2 fully saturated rings. The fraction of sp³-hybridized carbons (Fsp3) is 0.391. The number of ether oxygens (including phenoxy) is 2. The molecule has 1 aromatic carbocycles. The van der Waals surface area contributed by atoms with E-state index >= 15 is 0 Å². The Morgan fingerprint density at radius 2 is 2.04 bits per heavy atom. The van der Waals surface area contributed by atoms with Crippen molar-refractivity contribution >= 4 is 11.9 Å². The first-order valence-corrected chi connectivity index (χ1v) is 9.60. The van der Waals surface area contributed by atoms with Gasteiger partial charge >= 0.3 is 11.9 Å². The molecule has 4 rings (SSSR count). The van der Waals surface area contributed by atoms with Crippen molar-refractivity contribution in [3.05, 3.63) is 71.2 Å². The van der Waals surface area contributed by atoms with Crippen molar-refractivity contribution in [1.82, 2.24) is 0 Å². The summed E-state index contributed by atoms with van der Waals surface area (Å²) in [4.78, 5) is 24.2. The fourth-order valence-corrected chi connectivity index (χ4v) is 3.89. The molecule has 5 nitrogen and oxygen atoms in total. The van der Waals surface area contributed by atoms with Crippen LogP contribution in [-0.2, 0) is 32.1 Å². The Morgan fingerprint density at radius 1 is 1.25 bits per heavy atom. The van der Waals surface area contributed by atoms with E-state index in [0.29, 0.717) is 25.0 Å². The average molecular weight is 380 g/mol. The Labute approximate surface area is 164 Å². The molecule has 1 saturated carbocycles. The number of rotatable bonds is 6. The zero-order valence-corrected chi connectivity index (χ0v) is 16.1. The second-order valence-electron chi connectivity index (χ2n) is 8.09. The van der Waals surface area contributed by atoms with Crippen LogP contribution in [0.5, 0.6) is 0 Å². The molecule has 0 bridgehead atoms. The fourth-order valence-electron chi connectivity index (χ4n) is 3.89. The maximum Gasteiger partial charge on any atom is 0.333 e. The quantitative estimate of drug-likeness (QED) is 0.559. The molecular formula is C23H24O5. The van der Waals surface area contributed by atoms with Gasteiger partial charge in [-0.2, -0.15) is 0 Å². The Kier molecular flexibility index (Phi) is 4.84. The summed E-state index contributed by atoms with van der Waals surface area (Å²) in [7, 11) is 0. The van der Waals surface area contributed by atoms with Crippen LogP contribution in [0.25, 0.3) is 0 Å². The molecule has 1 saturated heterocycles. The SMILES string of the molecule is CC1(C)C(C=C2CCOC2=O)C1C(=O)OCc1coc(Cc2ccccc2)c1. The van der Waals surface area contributed by atoms with Gasteiger partial charge in [-0.3, -0.25) is 4.79 Å². The lowest BCUT2D eigenvalue weighted by Crippen LogP contribution is -2.10. The van der Waals surface area contributed by atoms with Crippen LogP contribution < -0.4 is 0 Å². The lowest BCUT2D eigenvalue weighted by Gasteiger charge is -2.03. The van der Waals surface area contributed by atoms with Gasteiger partial charge in [0.2, 0.25) is 0 Å². The predicted octanol–water partition coefficient (Wildman–Crippen LogP) is 4.06. The topological polar surface area (TPSA) is 65.7 Å². The van der Waals surface area contributed by atoms with Crippen LogP contribution in [0.15, 0.2) is 58.7 Å². The molecule has 28 heavy (non-hydrogen) atoms. The number of furan rings is 1. The molecule has 0 spiro atoms. The summed E-state index contributed by atoms with van der Waals surface area (Å²) in [6.07, 6.45) is 4.86. The standard InChI is InChI=1S/C23H24O5/c1-23(2)19(12-17-8-9-26-21(17)24)20(23)22(25)28-14-16-11-18(27-13-16)10-15-6-4-3-5-7-15/h3-7,11-13,19-20H,8-10,14H2,1-2H3. The summed E-state index contributed by atoms with van der Waals surface area (Å²) >= 11 is 0. The summed E-state index contributed by atoms with van der Waals surface area (Å²) in [6, 6.07) is 12.0. The van der Waals surface area contributed by atoms with Gasteiger partial charge in [0, 0.05) is 24.0 Å². The number of hydrogen-bond acceptors (Lipinski definition) is 5. The molecule has 2 heterocycles. The third-order valence-electron chi connectivity index (χ3n) is 5.72.